The van der Waals surface area contributed by atoms with Gasteiger partial charge in [0.1, 0.15) is 0 Å². The summed E-state index contributed by atoms with van der Waals surface area (Å²) in [6.07, 6.45) is 28.1. The Morgan fingerprint density at radius 2 is 0.630 bits per heavy atom. The first-order chi connectivity index (χ1) is 12.8. The van der Waals surface area contributed by atoms with Crippen molar-refractivity contribution >= 4 is 12.4 Å². The summed E-state index contributed by atoms with van der Waals surface area (Å²) in [7, 11) is 3.75. The Balaban J connectivity index is -0.00000134. The Morgan fingerprint density at radius 3 is 0.815 bits per heavy atom. The molecule has 0 aliphatic heterocycles. The molecule has 0 spiro atoms. The lowest BCUT2D eigenvalue weighted by molar-refractivity contribution is 0.282. The number of halogens is 1. The first kappa shape index (κ1) is 31.9. The maximum atomic E-state index is 8.71. The minimum absolute atomic E-state index is 0. The van der Waals surface area contributed by atoms with Crippen molar-refractivity contribution < 1.29 is 5.11 Å². The van der Waals surface area contributed by atoms with Crippen molar-refractivity contribution in [3.05, 3.63) is 0 Å². The first-order valence-corrected chi connectivity index (χ1v) is 12.0. The van der Waals surface area contributed by atoms with Crippen molar-refractivity contribution in [2.75, 3.05) is 20.7 Å². The molecule has 0 amide bonds. The quantitative estimate of drug-likeness (QED) is 0.200. The highest BCUT2D eigenvalue weighted by Crippen LogP contribution is 2.14. The van der Waals surface area contributed by atoms with E-state index in [1.807, 2.05) is 14.1 Å². The molecule has 0 radical (unpaired) electrons. The average molecular weight is 408 g/mol. The molecule has 0 atom stereocenters. The van der Waals surface area contributed by atoms with E-state index in [0.29, 0.717) is 6.61 Å². The Morgan fingerprint density at radius 1 is 0.444 bits per heavy atom. The normalized spacial score (nSPS) is 10.2. The highest BCUT2D eigenvalue weighted by molar-refractivity contribution is 5.85. The lowest BCUT2D eigenvalue weighted by Crippen LogP contribution is -1.89. The maximum absolute atomic E-state index is 8.71. The lowest BCUT2D eigenvalue weighted by atomic mass is 10.0. The van der Waals surface area contributed by atoms with Gasteiger partial charge in [-0.05, 0) is 20.5 Å². The molecule has 2 N–H and O–H groups in total. The lowest BCUT2D eigenvalue weighted by Gasteiger charge is -2.03. The summed E-state index contributed by atoms with van der Waals surface area (Å²) < 4.78 is 0. The largest absolute Gasteiger partial charge is 0.396 e. The van der Waals surface area contributed by atoms with Gasteiger partial charge >= 0.3 is 0 Å². The van der Waals surface area contributed by atoms with Gasteiger partial charge < -0.3 is 10.4 Å². The number of aliphatic hydroxyl groups excluding tert-OH is 1. The zero-order valence-corrected chi connectivity index (χ0v) is 20.0. The smallest absolute Gasteiger partial charge is 0.0431 e. The van der Waals surface area contributed by atoms with Crippen LogP contribution in [0.2, 0.25) is 0 Å². The van der Waals surface area contributed by atoms with Gasteiger partial charge in [0.05, 0.1) is 0 Å². The molecule has 0 aliphatic carbocycles. The van der Waals surface area contributed by atoms with Crippen molar-refractivity contribution in [2.24, 2.45) is 0 Å². The Hall–Kier alpha value is 0.210. The summed E-state index contributed by atoms with van der Waals surface area (Å²) in [5.74, 6) is 0. The van der Waals surface area contributed by atoms with Crippen LogP contribution in [0.25, 0.3) is 0 Å². The molecule has 0 aliphatic rings. The molecule has 27 heavy (non-hydrogen) atoms. The molecule has 0 aromatic heterocycles. The van der Waals surface area contributed by atoms with Gasteiger partial charge in [0.2, 0.25) is 0 Å². The fourth-order valence-corrected chi connectivity index (χ4v) is 3.37. The van der Waals surface area contributed by atoms with E-state index in [-0.39, 0.29) is 12.4 Å². The monoisotopic (exact) mass is 407 g/mol. The Labute approximate surface area is 179 Å². The van der Waals surface area contributed by atoms with Crippen LogP contribution in [0.1, 0.15) is 135 Å². The third-order valence-corrected chi connectivity index (χ3v) is 5.01. The van der Waals surface area contributed by atoms with E-state index in [1.54, 1.807) is 0 Å². The van der Waals surface area contributed by atoms with E-state index < -0.39 is 0 Å². The highest BCUT2D eigenvalue weighted by Gasteiger charge is 1.95. The molecule has 0 heterocycles. The SMILES string of the molecule is CCCCCCCCCCCCCCCCCCCCCCO.CNC.Cl. The zero-order valence-electron chi connectivity index (χ0n) is 19.2. The number of nitrogens with one attached hydrogen (secondary N) is 1. The third kappa shape index (κ3) is 37.6. The van der Waals surface area contributed by atoms with Crippen LogP contribution in [0.5, 0.6) is 0 Å². The van der Waals surface area contributed by atoms with Gasteiger partial charge in [-0.2, -0.15) is 0 Å². The van der Waals surface area contributed by atoms with Crippen LogP contribution in [-0.2, 0) is 0 Å². The molecule has 0 aromatic rings. The van der Waals surface area contributed by atoms with E-state index in [4.69, 9.17) is 5.11 Å². The van der Waals surface area contributed by atoms with E-state index in [1.165, 1.54) is 122 Å². The summed E-state index contributed by atoms with van der Waals surface area (Å²) in [4.78, 5) is 0. The van der Waals surface area contributed by atoms with E-state index in [2.05, 4.69) is 12.2 Å². The summed E-state index contributed by atoms with van der Waals surface area (Å²) in [6.45, 7) is 2.67. The molecule has 0 rings (SSSR count). The first-order valence-electron chi connectivity index (χ1n) is 12.0. The molecule has 0 saturated carbocycles. The van der Waals surface area contributed by atoms with Crippen molar-refractivity contribution in [1.29, 1.82) is 0 Å². The Bertz CT molecular complexity index is 195. The predicted octanol–water partition coefficient (Wildman–Crippen LogP) is 8.06. The number of aliphatic hydroxyl groups is 1. The van der Waals surface area contributed by atoms with Crippen molar-refractivity contribution in [2.45, 2.75) is 135 Å². The summed E-state index contributed by atoms with van der Waals surface area (Å²) in [6, 6.07) is 0. The van der Waals surface area contributed by atoms with Gasteiger partial charge in [0.15, 0.2) is 0 Å². The molecule has 0 saturated heterocycles. The second kappa shape index (κ2) is 33.8. The predicted molar refractivity (Wildman–Crippen MR) is 127 cm³/mol. The van der Waals surface area contributed by atoms with Crippen molar-refractivity contribution in [1.82, 2.24) is 5.32 Å². The van der Waals surface area contributed by atoms with Crippen LogP contribution in [0.4, 0.5) is 0 Å². The van der Waals surface area contributed by atoms with Crippen LogP contribution >= 0.6 is 12.4 Å². The Kier molecular flexibility index (Phi) is 39.9. The fourth-order valence-electron chi connectivity index (χ4n) is 3.37. The van der Waals surface area contributed by atoms with Crippen molar-refractivity contribution in [3.63, 3.8) is 0 Å². The van der Waals surface area contributed by atoms with Gasteiger partial charge in [0, 0.05) is 6.61 Å². The van der Waals surface area contributed by atoms with Crippen molar-refractivity contribution in [3.8, 4) is 0 Å². The summed E-state index contributed by atoms with van der Waals surface area (Å²) >= 11 is 0. The molecule has 2 nitrogen and oxygen atoms in total. The molecule has 0 fully saturated rings. The van der Waals surface area contributed by atoms with E-state index in [9.17, 15) is 0 Å². The average Bonchev–Trinajstić information content (AvgIpc) is 2.64. The molecular weight excluding hydrogens is 354 g/mol. The van der Waals surface area contributed by atoms with Crippen LogP contribution < -0.4 is 5.32 Å². The third-order valence-electron chi connectivity index (χ3n) is 5.01. The topological polar surface area (TPSA) is 32.3 Å². The minimum atomic E-state index is 0. The van der Waals surface area contributed by atoms with E-state index in [0.717, 1.165) is 6.42 Å². The number of unbranched alkanes of at least 4 members (excludes halogenated alkanes) is 19. The number of hydrogen-bond donors (Lipinski definition) is 2. The maximum Gasteiger partial charge on any atom is 0.0431 e. The molecular formula is C24H54ClNO. The second-order valence-corrected chi connectivity index (χ2v) is 7.94. The van der Waals surface area contributed by atoms with Crippen LogP contribution in [0.15, 0.2) is 0 Å². The van der Waals surface area contributed by atoms with Crippen LogP contribution in [-0.4, -0.2) is 25.8 Å². The second-order valence-electron chi connectivity index (χ2n) is 7.94. The molecule has 0 bridgehead atoms. The fraction of sp³-hybridized carbons (Fsp3) is 1.00. The minimum Gasteiger partial charge on any atom is -0.396 e. The van der Waals surface area contributed by atoms with Gasteiger partial charge in [0.25, 0.3) is 0 Å². The van der Waals surface area contributed by atoms with Gasteiger partial charge in [-0.15, -0.1) is 12.4 Å². The van der Waals surface area contributed by atoms with Crippen LogP contribution in [0, 0.1) is 0 Å². The van der Waals surface area contributed by atoms with E-state index >= 15 is 0 Å². The van der Waals surface area contributed by atoms with Gasteiger partial charge in [-0.1, -0.05) is 129 Å². The molecule has 3 heteroatoms. The standard InChI is InChI=1S/C22H46O.C2H7N.ClH/c1-2-3-4-5-6-7-8-9-10-11-12-13-14-15-16-17-18-19-20-21-22-23;1-3-2;/h23H,2-22H2,1H3;3H,1-2H3;1H. The van der Waals surface area contributed by atoms with Crippen LogP contribution in [0.3, 0.4) is 0 Å². The number of hydrogen-bond acceptors (Lipinski definition) is 2. The van der Waals surface area contributed by atoms with Gasteiger partial charge in [-0.25, -0.2) is 0 Å². The molecule has 0 aromatic carbocycles. The highest BCUT2D eigenvalue weighted by atomic mass is 35.5. The molecule has 0 unspecified atom stereocenters. The molecule has 168 valence electrons. The van der Waals surface area contributed by atoms with Gasteiger partial charge in [-0.3, -0.25) is 0 Å². The summed E-state index contributed by atoms with van der Waals surface area (Å²) in [5, 5.41) is 11.5. The zero-order chi connectivity index (χ0) is 19.6. The number of rotatable bonds is 20. The summed E-state index contributed by atoms with van der Waals surface area (Å²) in [5.41, 5.74) is 0.